The lowest BCUT2D eigenvalue weighted by molar-refractivity contribution is 0.209. The molecule has 0 amide bonds. The standard InChI is InChI=1S/C13H23N5/c1-4-15-12-9-14-10-13(16-12)18-7-5-17(6-8-18)11(2)3/h9-11H,4-8H2,1-3H3,(H,15,16). The van der Waals surface area contributed by atoms with Crippen LogP contribution in [0.25, 0.3) is 0 Å². The summed E-state index contributed by atoms with van der Waals surface area (Å²) in [6.07, 6.45) is 3.63. The quantitative estimate of drug-likeness (QED) is 0.874. The number of nitrogens with one attached hydrogen (secondary N) is 1. The molecule has 0 unspecified atom stereocenters. The molecule has 0 bridgehead atoms. The topological polar surface area (TPSA) is 44.3 Å². The van der Waals surface area contributed by atoms with Gasteiger partial charge in [0.05, 0.1) is 12.4 Å². The molecular formula is C13H23N5. The van der Waals surface area contributed by atoms with Gasteiger partial charge in [0.2, 0.25) is 0 Å². The maximum atomic E-state index is 4.59. The van der Waals surface area contributed by atoms with Gasteiger partial charge in [0, 0.05) is 38.8 Å². The van der Waals surface area contributed by atoms with Crippen molar-refractivity contribution >= 4 is 11.6 Å². The highest BCUT2D eigenvalue weighted by Gasteiger charge is 2.19. The molecule has 5 heteroatoms. The molecule has 0 radical (unpaired) electrons. The maximum absolute atomic E-state index is 4.59. The van der Waals surface area contributed by atoms with Crippen LogP contribution in [0.1, 0.15) is 20.8 Å². The third-order valence-corrected chi connectivity index (χ3v) is 3.35. The van der Waals surface area contributed by atoms with Gasteiger partial charge in [0.25, 0.3) is 0 Å². The number of nitrogens with zero attached hydrogens (tertiary/aromatic N) is 4. The zero-order valence-corrected chi connectivity index (χ0v) is 11.6. The molecule has 1 saturated heterocycles. The Labute approximate surface area is 109 Å². The zero-order valence-electron chi connectivity index (χ0n) is 11.6. The minimum absolute atomic E-state index is 0.631. The van der Waals surface area contributed by atoms with Crippen molar-refractivity contribution < 1.29 is 0 Å². The summed E-state index contributed by atoms with van der Waals surface area (Å²) in [6.45, 7) is 11.7. The summed E-state index contributed by atoms with van der Waals surface area (Å²) in [7, 11) is 0. The summed E-state index contributed by atoms with van der Waals surface area (Å²) >= 11 is 0. The molecule has 1 aromatic heterocycles. The average molecular weight is 249 g/mol. The van der Waals surface area contributed by atoms with Gasteiger partial charge in [-0.25, -0.2) is 4.98 Å². The molecule has 1 N–H and O–H groups in total. The predicted molar refractivity (Wildman–Crippen MR) is 75.1 cm³/mol. The molecule has 0 atom stereocenters. The Bertz CT molecular complexity index is 371. The first-order valence-corrected chi connectivity index (χ1v) is 6.75. The van der Waals surface area contributed by atoms with E-state index in [9.17, 15) is 0 Å². The van der Waals surface area contributed by atoms with E-state index in [0.717, 1.165) is 44.4 Å². The molecule has 1 aliphatic heterocycles. The lowest BCUT2D eigenvalue weighted by Crippen LogP contribution is -2.49. The fourth-order valence-corrected chi connectivity index (χ4v) is 2.24. The maximum Gasteiger partial charge on any atom is 0.149 e. The van der Waals surface area contributed by atoms with Crippen LogP contribution < -0.4 is 10.2 Å². The molecule has 1 aliphatic rings. The number of hydrogen-bond acceptors (Lipinski definition) is 5. The normalized spacial score (nSPS) is 17.2. The van der Waals surface area contributed by atoms with Gasteiger partial charge in [-0.15, -0.1) is 0 Å². The number of aromatic nitrogens is 2. The summed E-state index contributed by atoms with van der Waals surface area (Å²) < 4.78 is 0. The smallest absolute Gasteiger partial charge is 0.149 e. The summed E-state index contributed by atoms with van der Waals surface area (Å²) in [5.74, 6) is 1.85. The van der Waals surface area contributed by atoms with Gasteiger partial charge in [-0.05, 0) is 20.8 Å². The lowest BCUT2D eigenvalue weighted by Gasteiger charge is -2.37. The van der Waals surface area contributed by atoms with Crippen molar-refractivity contribution in [2.24, 2.45) is 0 Å². The van der Waals surface area contributed by atoms with Gasteiger partial charge in [-0.3, -0.25) is 9.88 Å². The van der Waals surface area contributed by atoms with Gasteiger partial charge in [0.15, 0.2) is 0 Å². The minimum atomic E-state index is 0.631. The highest BCUT2D eigenvalue weighted by atomic mass is 15.3. The Kier molecular flexibility index (Phi) is 4.36. The summed E-state index contributed by atoms with van der Waals surface area (Å²) in [5.41, 5.74) is 0. The number of piperazine rings is 1. The van der Waals surface area contributed by atoms with Crippen LogP contribution in [-0.4, -0.2) is 53.6 Å². The molecule has 1 fully saturated rings. The first-order chi connectivity index (χ1) is 8.70. The molecule has 0 saturated carbocycles. The van der Waals surface area contributed by atoms with Crippen LogP contribution in [0.4, 0.5) is 11.6 Å². The van der Waals surface area contributed by atoms with E-state index in [1.165, 1.54) is 0 Å². The molecule has 0 aromatic carbocycles. The largest absolute Gasteiger partial charge is 0.369 e. The molecule has 0 aliphatic carbocycles. The summed E-state index contributed by atoms with van der Waals surface area (Å²) in [4.78, 5) is 13.7. The Morgan fingerprint density at radius 3 is 2.56 bits per heavy atom. The van der Waals surface area contributed by atoms with E-state index < -0.39 is 0 Å². The van der Waals surface area contributed by atoms with E-state index in [-0.39, 0.29) is 0 Å². The van der Waals surface area contributed by atoms with Gasteiger partial charge < -0.3 is 10.2 Å². The van der Waals surface area contributed by atoms with Crippen LogP contribution in [0.2, 0.25) is 0 Å². The number of rotatable bonds is 4. The molecule has 2 rings (SSSR count). The van der Waals surface area contributed by atoms with Crippen molar-refractivity contribution in [3.63, 3.8) is 0 Å². The second-order valence-corrected chi connectivity index (χ2v) is 4.91. The SMILES string of the molecule is CCNc1cncc(N2CCN(C(C)C)CC2)n1. The summed E-state index contributed by atoms with van der Waals surface area (Å²) in [6, 6.07) is 0.631. The average Bonchev–Trinajstić information content (AvgIpc) is 2.39. The minimum Gasteiger partial charge on any atom is -0.369 e. The predicted octanol–water partition coefficient (Wildman–Crippen LogP) is 1.44. The zero-order chi connectivity index (χ0) is 13.0. The van der Waals surface area contributed by atoms with Crippen molar-refractivity contribution in [3.05, 3.63) is 12.4 Å². The third-order valence-electron chi connectivity index (χ3n) is 3.35. The lowest BCUT2D eigenvalue weighted by atomic mass is 10.2. The highest BCUT2D eigenvalue weighted by molar-refractivity contribution is 5.44. The highest BCUT2D eigenvalue weighted by Crippen LogP contribution is 2.15. The van der Waals surface area contributed by atoms with Crippen LogP contribution >= 0.6 is 0 Å². The fourth-order valence-electron chi connectivity index (χ4n) is 2.24. The Morgan fingerprint density at radius 2 is 1.94 bits per heavy atom. The number of anilines is 2. The Balaban J connectivity index is 1.98. The van der Waals surface area contributed by atoms with Crippen molar-refractivity contribution in [2.75, 3.05) is 42.9 Å². The summed E-state index contributed by atoms with van der Waals surface area (Å²) in [5, 5.41) is 3.20. The van der Waals surface area contributed by atoms with Crippen molar-refractivity contribution in [1.29, 1.82) is 0 Å². The molecule has 2 heterocycles. The van der Waals surface area contributed by atoms with E-state index in [4.69, 9.17) is 0 Å². The van der Waals surface area contributed by atoms with E-state index in [1.54, 1.807) is 6.20 Å². The second kappa shape index (κ2) is 6.00. The van der Waals surface area contributed by atoms with Crippen LogP contribution in [0.5, 0.6) is 0 Å². The monoisotopic (exact) mass is 249 g/mol. The molecule has 1 aromatic rings. The van der Waals surface area contributed by atoms with Crippen molar-refractivity contribution in [3.8, 4) is 0 Å². The van der Waals surface area contributed by atoms with Gasteiger partial charge in [-0.1, -0.05) is 0 Å². The van der Waals surface area contributed by atoms with E-state index >= 15 is 0 Å². The Hall–Kier alpha value is -1.36. The first kappa shape index (κ1) is 13.1. The van der Waals surface area contributed by atoms with Crippen molar-refractivity contribution in [1.82, 2.24) is 14.9 Å². The second-order valence-electron chi connectivity index (χ2n) is 4.91. The third kappa shape index (κ3) is 3.10. The Morgan fingerprint density at radius 1 is 1.22 bits per heavy atom. The molecule has 5 nitrogen and oxygen atoms in total. The first-order valence-electron chi connectivity index (χ1n) is 6.75. The van der Waals surface area contributed by atoms with Crippen LogP contribution in [0.15, 0.2) is 12.4 Å². The molecule has 18 heavy (non-hydrogen) atoms. The molecule has 0 spiro atoms. The van der Waals surface area contributed by atoms with Gasteiger partial charge in [-0.2, -0.15) is 0 Å². The van der Waals surface area contributed by atoms with Crippen LogP contribution in [0, 0.1) is 0 Å². The van der Waals surface area contributed by atoms with Crippen LogP contribution in [0.3, 0.4) is 0 Å². The fraction of sp³-hybridized carbons (Fsp3) is 0.692. The van der Waals surface area contributed by atoms with E-state index in [0.29, 0.717) is 6.04 Å². The van der Waals surface area contributed by atoms with Crippen molar-refractivity contribution in [2.45, 2.75) is 26.8 Å². The van der Waals surface area contributed by atoms with Crippen LogP contribution in [-0.2, 0) is 0 Å². The molecular weight excluding hydrogens is 226 g/mol. The molecule has 100 valence electrons. The van der Waals surface area contributed by atoms with E-state index in [2.05, 4.69) is 45.9 Å². The van der Waals surface area contributed by atoms with E-state index in [1.807, 2.05) is 6.20 Å². The van der Waals surface area contributed by atoms with Gasteiger partial charge >= 0.3 is 0 Å². The number of hydrogen-bond donors (Lipinski definition) is 1. The van der Waals surface area contributed by atoms with Gasteiger partial charge in [0.1, 0.15) is 11.6 Å².